The molecule has 1 fully saturated rings. The van der Waals surface area contributed by atoms with Gasteiger partial charge < -0.3 is 5.73 Å². The van der Waals surface area contributed by atoms with Crippen molar-refractivity contribution in [3.63, 3.8) is 0 Å². The summed E-state index contributed by atoms with van der Waals surface area (Å²) in [5.74, 6) is 0.956. The van der Waals surface area contributed by atoms with Crippen molar-refractivity contribution in [3.8, 4) is 0 Å². The Morgan fingerprint density at radius 3 is 2.82 bits per heavy atom. The molecule has 0 aromatic heterocycles. The summed E-state index contributed by atoms with van der Waals surface area (Å²) in [5, 5.41) is 0. The molecule has 1 rings (SSSR count). The molecule has 1 heteroatoms. The Labute approximate surface area is 70.4 Å². The van der Waals surface area contributed by atoms with Crippen LogP contribution in [0.25, 0.3) is 0 Å². The summed E-state index contributed by atoms with van der Waals surface area (Å²) in [6.45, 7) is 5.52. The highest BCUT2D eigenvalue weighted by molar-refractivity contribution is 4.82. The third-order valence-corrected chi connectivity index (χ3v) is 3.24. The third-order valence-electron chi connectivity index (χ3n) is 3.24. The van der Waals surface area contributed by atoms with Gasteiger partial charge in [0, 0.05) is 0 Å². The van der Waals surface area contributed by atoms with Crippen LogP contribution in [0.1, 0.15) is 46.0 Å². The van der Waals surface area contributed by atoms with E-state index in [1.807, 2.05) is 0 Å². The van der Waals surface area contributed by atoms with E-state index in [0.29, 0.717) is 5.41 Å². The quantitative estimate of drug-likeness (QED) is 0.651. The molecule has 66 valence electrons. The van der Waals surface area contributed by atoms with Crippen molar-refractivity contribution in [1.82, 2.24) is 0 Å². The Balaban J connectivity index is 2.44. The van der Waals surface area contributed by atoms with E-state index in [0.717, 1.165) is 12.5 Å². The van der Waals surface area contributed by atoms with Gasteiger partial charge in [-0.25, -0.2) is 0 Å². The van der Waals surface area contributed by atoms with Gasteiger partial charge in [0.2, 0.25) is 0 Å². The number of hydrogen-bond donors (Lipinski definition) is 1. The van der Waals surface area contributed by atoms with Gasteiger partial charge in [-0.05, 0) is 30.7 Å². The van der Waals surface area contributed by atoms with Gasteiger partial charge in [0.1, 0.15) is 0 Å². The molecular weight excluding hydrogens is 134 g/mol. The first-order chi connectivity index (χ1) is 5.20. The van der Waals surface area contributed by atoms with Crippen LogP contribution in [-0.4, -0.2) is 6.54 Å². The van der Waals surface area contributed by atoms with Crippen molar-refractivity contribution in [3.05, 3.63) is 0 Å². The van der Waals surface area contributed by atoms with E-state index >= 15 is 0 Å². The maximum atomic E-state index is 5.75. The average molecular weight is 155 g/mol. The number of rotatable bonds is 2. The van der Waals surface area contributed by atoms with Crippen LogP contribution in [0, 0.1) is 11.3 Å². The van der Waals surface area contributed by atoms with Crippen molar-refractivity contribution in [2.75, 3.05) is 6.54 Å². The zero-order chi connectivity index (χ0) is 8.32. The lowest BCUT2D eigenvalue weighted by Gasteiger charge is -2.36. The summed E-state index contributed by atoms with van der Waals surface area (Å²) in [4.78, 5) is 0. The first-order valence-corrected chi connectivity index (χ1v) is 4.90. The van der Waals surface area contributed by atoms with Gasteiger partial charge in [0.15, 0.2) is 0 Å². The number of nitrogens with two attached hydrogens (primary N) is 1. The predicted octanol–water partition coefficient (Wildman–Crippen LogP) is 2.55. The number of hydrogen-bond acceptors (Lipinski definition) is 1. The second-order valence-electron chi connectivity index (χ2n) is 4.39. The van der Waals surface area contributed by atoms with E-state index in [1.54, 1.807) is 0 Å². The molecule has 0 heterocycles. The van der Waals surface area contributed by atoms with E-state index in [-0.39, 0.29) is 0 Å². The fourth-order valence-electron chi connectivity index (χ4n) is 2.25. The van der Waals surface area contributed by atoms with Crippen LogP contribution in [0.5, 0.6) is 0 Å². The second kappa shape index (κ2) is 3.57. The van der Waals surface area contributed by atoms with Crippen LogP contribution in [0.4, 0.5) is 0 Å². The lowest BCUT2D eigenvalue weighted by Crippen LogP contribution is -2.32. The summed E-state index contributed by atoms with van der Waals surface area (Å²) in [6.07, 6.45) is 6.88. The molecule has 1 aliphatic carbocycles. The second-order valence-corrected chi connectivity index (χ2v) is 4.39. The fraction of sp³-hybridized carbons (Fsp3) is 1.00. The van der Waals surface area contributed by atoms with E-state index in [9.17, 15) is 0 Å². The molecule has 2 N–H and O–H groups in total. The van der Waals surface area contributed by atoms with Crippen LogP contribution in [0.2, 0.25) is 0 Å². The largest absolute Gasteiger partial charge is 0.330 e. The van der Waals surface area contributed by atoms with Crippen molar-refractivity contribution in [2.24, 2.45) is 17.1 Å². The Morgan fingerprint density at radius 1 is 1.55 bits per heavy atom. The lowest BCUT2D eigenvalue weighted by atomic mass is 9.70. The summed E-state index contributed by atoms with van der Waals surface area (Å²) in [6, 6.07) is 0. The van der Waals surface area contributed by atoms with Gasteiger partial charge in [0.25, 0.3) is 0 Å². The Kier molecular flexibility index (Phi) is 2.94. The van der Waals surface area contributed by atoms with Gasteiger partial charge >= 0.3 is 0 Å². The summed E-state index contributed by atoms with van der Waals surface area (Å²) >= 11 is 0. The molecule has 0 saturated heterocycles. The van der Waals surface area contributed by atoms with Crippen molar-refractivity contribution >= 4 is 0 Å². The Morgan fingerprint density at radius 2 is 2.27 bits per heavy atom. The van der Waals surface area contributed by atoms with Crippen molar-refractivity contribution < 1.29 is 0 Å². The van der Waals surface area contributed by atoms with Gasteiger partial charge in [0.05, 0.1) is 0 Å². The molecular formula is C10H21N. The minimum absolute atomic E-state index is 0.471. The minimum atomic E-state index is 0.471. The molecule has 1 aliphatic rings. The molecule has 0 aromatic rings. The maximum absolute atomic E-state index is 5.75. The minimum Gasteiger partial charge on any atom is -0.330 e. The molecule has 1 saturated carbocycles. The average Bonchev–Trinajstić information content (AvgIpc) is 2.05. The summed E-state index contributed by atoms with van der Waals surface area (Å²) < 4.78 is 0. The monoisotopic (exact) mass is 155 g/mol. The van der Waals surface area contributed by atoms with Gasteiger partial charge in [-0.1, -0.05) is 33.1 Å². The molecule has 0 spiro atoms. The Hall–Kier alpha value is -0.0400. The molecule has 0 amide bonds. The molecule has 11 heavy (non-hydrogen) atoms. The summed E-state index contributed by atoms with van der Waals surface area (Å²) in [7, 11) is 0. The highest BCUT2D eigenvalue weighted by atomic mass is 14.6. The van der Waals surface area contributed by atoms with E-state index in [4.69, 9.17) is 5.73 Å². The molecule has 2 atom stereocenters. The van der Waals surface area contributed by atoms with Gasteiger partial charge in [-0.2, -0.15) is 0 Å². The van der Waals surface area contributed by atoms with Crippen LogP contribution >= 0.6 is 0 Å². The first kappa shape index (κ1) is 9.05. The van der Waals surface area contributed by atoms with Crippen molar-refractivity contribution in [2.45, 2.75) is 46.0 Å². The van der Waals surface area contributed by atoms with Gasteiger partial charge in [-0.15, -0.1) is 0 Å². The normalized spacial score (nSPS) is 39.0. The standard InChI is InChI=1S/C10H21N/c1-3-9-5-4-6-10(2,7-9)8-11/h9H,3-8,11H2,1-2H3/t9-,10-/m1/s1. The van der Waals surface area contributed by atoms with E-state index < -0.39 is 0 Å². The molecule has 0 unspecified atom stereocenters. The zero-order valence-electron chi connectivity index (χ0n) is 7.90. The maximum Gasteiger partial charge on any atom is -0.00231 e. The smallest absolute Gasteiger partial charge is 0.00231 e. The lowest BCUT2D eigenvalue weighted by molar-refractivity contribution is 0.164. The SMILES string of the molecule is CC[C@@H]1CCC[C@@](C)(CN)C1. The third kappa shape index (κ3) is 2.19. The van der Waals surface area contributed by atoms with Crippen LogP contribution in [0.3, 0.4) is 0 Å². The first-order valence-electron chi connectivity index (χ1n) is 4.90. The molecule has 0 radical (unpaired) electrons. The molecule has 0 aromatic carbocycles. The highest BCUT2D eigenvalue weighted by Gasteiger charge is 2.29. The molecule has 1 nitrogen and oxygen atoms in total. The van der Waals surface area contributed by atoms with E-state index in [1.165, 1.54) is 32.1 Å². The molecule has 0 bridgehead atoms. The van der Waals surface area contributed by atoms with E-state index in [2.05, 4.69) is 13.8 Å². The van der Waals surface area contributed by atoms with Gasteiger partial charge in [-0.3, -0.25) is 0 Å². The summed E-state index contributed by atoms with van der Waals surface area (Å²) in [5.41, 5.74) is 6.23. The Bertz CT molecular complexity index is 122. The predicted molar refractivity (Wildman–Crippen MR) is 49.4 cm³/mol. The van der Waals surface area contributed by atoms with Crippen LogP contribution in [-0.2, 0) is 0 Å². The van der Waals surface area contributed by atoms with Crippen LogP contribution in [0.15, 0.2) is 0 Å². The fourth-order valence-corrected chi connectivity index (χ4v) is 2.25. The zero-order valence-corrected chi connectivity index (χ0v) is 7.90. The molecule has 0 aliphatic heterocycles. The highest BCUT2D eigenvalue weighted by Crippen LogP contribution is 2.39. The van der Waals surface area contributed by atoms with Crippen molar-refractivity contribution in [1.29, 1.82) is 0 Å². The van der Waals surface area contributed by atoms with Crippen LogP contribution < -0.4 is 5.73 Å². The topological polar surface area (TPSA) is 26.0 Å².